The van der Waals surface area contributed by atoms with E-state index in [4.69, 9.17) is 0 Å². The monoisotopic (exact) mass is 544 g/mol. The van der Waals surface area contributed by atoms with Gasteiger partial charge >= 0.3 is 0 Å². The van der Waals surface area contributed by atoms with Crippen LogP contribution in [-0.2, 0) is 16.1 Å². The fourth-order valence-corrected chi connectivity index (χ4v) is 6.89. The Morgan fingerprint density at radius 3 is 2.52 bits per heavy atom. The molecule has 7 heteroatoms. The minimum absolute atomic E-state index is 0.00432. The normalized spacial score (nSPS) is 25.1. The summed E-state index contributed by atoms with van der Waals surface area (Å²) in [6.45, 7) is 6.90. The number of carbonyl (C=O) groups excluding carboxylic acids is 3. The van der Waals surface area contributed by atoms with Gasteiger partial charge in [-0.1, -0.05) is 63.1 Å². The lowest BCUT2D eigenvalue weighted by Gasteiger charge is -2.33. The molecule has 214 valence electrons. The highest BCUT2D eigenvalue weighted by Gasteiger charge is 2.62. The molecule has 1 heterocycles. The van der Waals surface area contributed by atoms with Crippen LogP contribution >= 0.6 is 0 Å². The van der Waals surface area contributed by atoms with E-state index in [1.54, 1.807) is 0 Å². The molecule has 0 aromatic heterocycles. The van der Waals surface area contributed by atoms with Gasteiger partial charge in [-0.05, 0) is 55.4 Å². The molecule has 0 radical (unpaired) electrons. The molecule has 1 aliphatic heterocycles. The molecule has 2 aliphatic carbocycles. The van der Waals surface area contributed by atoms with Crippen molar-refractivity contribution < 1.29 is 14.4 Å². The maximum absolute atomic E-state index is 13.8. The summed E-state index contributed by atoms with van der Waals surface area (Å²) in [5.74, 6) is 0.0902. The molecule has 2 aromatic rings. The first-order chi connectivity index (χ1) is 19.3. The number of hydrogen-bond donors (Lipinski definition) is 2. The largest absolute Gasteiger partial charge is 0.373 e. The summed E-state index contributed by atoms with van der Waals surface area (Å²) in [5.41, 5.74) is 2.88. The zero-order chi connectivity index (χ0) is 28.3. The standard InChI is InChI=1S/C33H44N4O3/c1-23(2)19-27(29(38)22-37-18-17-36(3)28-15-8-7-13-25(28)21-37)34-32(40)26-14-9-10-16-33(26)20-30(33)35-31(39)24-11-5-4-6-12-24/h4-8,11-13,15,23,26-27,30H,9-10,14,16-22H2,1-3H3,(H,34,40)(H,35,39)/t26-,27?,30?,33?/m0/s1. The van der Waals surface area contributed by atoms with E-state index in [9.17, 15) is 14.4 Å². The van der Waals surface area contributed by atoms with Gasteiger partial charge in [-0.25, -0.2) is 0 Å². The maximum atomic E-state index is 13.8. The lowest BCUT2D eigenvalue weighted by molar-refractivity contribution is -0.133. The van der Waals surface area contributed by atoms with E-state index in [0.717, 1.165) is 51.7 Å². The maximum Gasteiger partial charge on any atom is 0.251 e. The number of rotatable bonds is 9. The fourth-order valence-electron chi connectivity index (χ4n) is 6.89. The Bertz CT molecular complexity index is 1220. The van der Waals surface area contributed by atoms with Crippen LogP contribution in [0.25, 0.3) is 0 Å². The summed E-state index contributed by atoms with van der Waals surface area (Å²) in [6.07, 6.45) is 5.27. The number of carbonyl (C=O) groups is 3. The summed E-state index contributed by atoms with van der Waals surface area (Å²) < 4.78 is 0. The average molecular weight is 545 g/mol. The van der Waals surface area contributed by atoms with E-state index in [1.807, 2.05) is 36.4 Å². The first-order valence-corrected chi connectivity index (χ1v) is 15.0. The molecule has 3 aliphatic rings. The van der Waals surface area contributed by atoms with Gasteiger partial charge in [-0.3, -0.25) is 19.3 Å². The second kappa shape index (κ2) is 12.1. The van der Waals surface area contributed by atoms with E-state index in [2.05, 4.69) is 59.5 Å². The van der Waals surface area contributed by atoms with Crippen LogP contribution in [-0.4, -0.2) is 61.3 Å². The number of hydrogen-bond acceptors (Lipinski definition) is 5. The Kier molecular flexibility index (Phi) is 8.60. The van der Waals surface area contributed by atoms with Gasteiger partial charge < -0.3 is 15.5 Å². The number of para-hydroxylation sites is 1. The number of nitrogens with one attached hydrogen (secondary N) is 2. The van der Waals surface area contributed by atoms with Crippen LogP contribution in [0.1, 0.15) is 68.3 Å². The highest BCUT2D eigenvalue weighted by Crippen LogP contribution is 2.59. The van der Waals surface area contributed by atoms with E-state index in [1.165, 1.54) is 11.3 Å². The van der Waals surface area contributed by atoms with Crippen LogP contribution in [0.2, 0.25) is 0 Å². The van der Waals surface area contributed by atoms with E-state index in [0.29, 0.717) is 18.5 Å². The van der Waals surface area contributed by atoms with Gasteiger partial charge in [0.15, 0.2) is 5.78 Å². The molecule has 2 fully saturated rings. The van der Waals surface area contributed by atoms with Gasteiger partial charge in [0.05, 0.1) is 12.6 Å². The van der Waals surface area contributed by atoms with Crippen molar-refractivity contribution in [1.82, 2.24) is 15.5 Å². The molecule has 5 rings (SSSR count). The predicted molar refractivity (Wildman–Crippen MR) is 158 cm³/mol. The van der Waals surface area contributed by atoms with Gasteiger partial charge in [0.1, 0.15) is 0 Å². The van der Waals surface area contributed by atoms with Crippen molar-refractivity contribution in [3.63, 3.8) is 0 Å². The molecule has 2 aromatic carbocycles. The topological polar surface area (TPSA) is 81.8 Å². The first-order valence-electron chi connectivity index (χ1n) is 15.0. The molecular formula is C33H44N4O3. The van der Waals surface area contributed by atoms with Gasteiger partial charge in [0.2, 0.25) is 5.91 Å². The SMILES string of the molecule is CC(C)CC(NC(=O)[C@@H]1CCCCC12CC2NC(=O)c1ccccc1)C(=O)CN1CCN(C)c2ccccc2C1. The smallest absolute Gasteiger partial charge is 0.251 e. The van der Waals surface area contributed by atoms with Gasteiger partial charge in [0, 0.05) is 55.3 Å². The summed E-state index contributed by atoms with van der Waals surface area (Å²) in [6, 6.07) is 17.1. The number of Topliss-reactive ketones (excluding diaryl/α,β-unsaturated/α-hetero) is 1. The summed E-state index contributed by atoms with van der Waals surface area (Å²) in [7, 11) is 2.10. The molecule has 7 nitrogen and oxygen atoms in total. The number of benzene rings is 2. The number of fused-ring (bicyclic) bond motifs is 1. The van der Waals surface area contributed by atoms with Gasteiger partial charge in [-0.2, -0.15) is 0 Å². The van der Waals surface area contributed by atoms with Crippen molar-refractivity contribution in [3.8, 4) is 0 Å². The number of amides is 2. The Labute approximate surface area is 238 Å². The van der Waals surface area contributed by atoms with E-state index >= 15 is 0 Å². The van der Waals surface area contributed by atoms with Gasteiger partial charge in [0.25, 0.3) is 5.91 Å². The third kappa shape index (κ3) is 6.25. The Balaban J connectivity index is 1.24. The molecule has 2 saturated carbocycles. The van der Waals surface area contributed by atoms with E-state index in [-0.39, 0.29) is 40.9 Å². The van der Waals surface area contributed by atoms with Crippen LogP contribution in [0.4, 0.5) is 5.69 Å². The quantitative estimate of drug-likeness (QED) is 0.489. The Hall–Kier alpha value is -3.19. The highest BCUT2D eigenvalue weighted by atomic mass is 16.2. The predicted octanol–water partition coefficient (Wildman–Crippen LogP) is 4.42. The van der Waals surface area contributed by atoms with Crippen LogP contribution in [0.3, 0.4) is 0 Å². The Morgan fingerprint density at radius 2 is 1.75 bits per heavy atom. The number of anilines is 1. The number of likely N-dealkylation sites (N-methyl/N-ethyl adjacent to an activating group) is 1. The number of ketones is 1. The van der Waals surface area contributed by atoms with Crippen molar-refractivity contribution in [2.24, 2.45) is 17.3 Å². The van der Waals surface area contributed by atoms with Crippen molar-refractivity contribution in [2.45, 2.75) is 71.0 Å². The van der Waals surface area contributed by atoms with Crippen molar-refractivity contribution >= 4 is 23.3 Å². The summed E-state index contributed by atoms with van der Waals surface area (Å²) >= 11 is 0. The van der Waals surface area contributed by atoms with Crippen molar-refractivity contribution in [1.29, 1.82) is 0 Å². The first kappa shape index (κ1) is 28.3. The highest BCUT2D eigenvalue weighted by molar-refractivity contribution is 5.95. The van der Waals surface area contributed by atoms with Crippen LogP contribution in [0.5, 0.6) is 0 Å². The minimum atomic E-state index is -0.501. The molecule has 2 amide bonds. The number of nitrogens with zero attached hydrogens (tertiary/aromatic N) is 2. The summed E-state index contributed by atoms with van der Waals surface area (Å²) in [5, 5.41) is 6.41. The molecular weight excluding hydrogens is 500 g/mol. The minimum Gasteiger partial charge on any atom is -0.373 e. The zero-order valence-electron chi connectivity index (χ0n) is 24.2. The second-order valence-corrected chi connectivity index (χ2v) is 12.5. The van der Waals surface area contributed by atoms with Crippen LogP contribution < -0.4 is 15.5 Å². The van der Waals surface area contributed by atoms with Crippen molar-refractivity contribution in [2.75, 3.05) is 31.6 Å². The molecule has 4 atom stereocenters. The molecule has 3 unspecified atom stereocenters. The zero-order valence-corrected chi connectivity index (χ0v) is 24.2. The second-order valence-electron chi connectivity index (χ2n) is 12.5. The molecule has 2 N–H and O–H groups in total. The molecule has 1 spiro atoms. The molecule has 0 bridgehead atoms. The third-order valence-corrected chi connectivity index (χ3v) is 9.19. The van der Waals surface area contributed by atoms with E-state index < -0.39 is 6.04 Å². The van der Waals surface area contributed by atoms with Gasteiger partial charge in [-0.15, -0.1) is 0 Å². The average Bonchev–Trinajstić information content (AvgIpc) is 3.65. The fraction of sp³-hybridized carbons (Fsp3) is 0.545. The van der Waals surface area contributed by atoms with Crippen molar-refractivity contribution in [3.05, 3.63) is 65.7 Å². The summed E-state index contributed by atoms with van der Waals surface area (Å²) in [4.78, 5) is 44.8. The third-order valence-electron chi connectivity index (χ3n) is 9.19. The Morgan fingerprint density at radius 1 is 1.00 bits per heavy atom. The molecule has 40 heavy (non-hydrogen) atoms. The lowest BCUT2D eigenvalue weighted by Crippen LogP contribution is -2.50. The van der Waals surface area contributed by atoms with Crippen LogP contribution in [0, 0.1) is 17.3 Å². The molecule has 0 saturated heterocycles. The van der Waals surface area contributed by atoms with Crippen LogP contribution in [0.15, 0.2) is 54.6 Å². The lowest BCUT2D eigenvalue weighted by atomic mass is 9.75.